The van der Waals surface area contributed by atoms with Gasteiger partial charge in [0.15, 0.2) is 0 Å². The molecule has 5 nitrogen and oxygen atoms in total. The molecule has 1 aromatic carbocycles. The largest absolute Gasteiger partial charge is 0.480 e. The third kappa shape index (κ3) is 3.88. The van der Waals surface area contributed by atoms with Crippen LogP contribution in [0.5, 0.6) is 0 Å². The van der Waals surface area contributed by atoms with Gasteiger partial charge in [-0.2, -0.15) is 0 Å². The average molecular weight is 341 g/mol. The van der Waals surface area contributed by atoms with Gasteiger partial charge in [0.1, 0.15) is 5.54 Å². The van der Waals surface area contributed by atoms with Crippen LogP contribution >= 0.6 is 0 Å². The molecule has 2 N–H and O–H groups in total. The summed E-state index contributed by atoms with van der Waals surface area (Å²) in [6, 6.07) is 10.2. The van der Waals surface area contributed by atoms with Crippen LogP contribution in [0.4, 0.5) is 0 Å². The minimum atomic E-state index is -1.18. The predicted octanol–water partition coefficient (Wildman–Crippen LogP) is 3.06. The van der Waals surface area contributed by atoms with Crippen molar-refractivity contribution in [2.45, 2.75) is 19.4 Å². The van der Waals surface area contributed by atoms with Crippen molar-refractivity contribution < 1.29 is 19.8 Å². The van der Waals surface area contributed by atoms with Crippen molar-refractivity contribution in [1.82, 2.24) is 4.90 Å². The molecule has 1 saturated heterocycles. The van der Waals surface area contributed by atoms with Crippen molar-refractivity contribution in [3.63, 3.8) is 0 Å². The summed E-state index contributed by atoms with van der Waals surface area (Å²) in [5, 5.41) is 18.4. The number of hydrogen-bond acceptors (Lipinski definition) is 3. The lowest BCUT2D eigenvalue weighted by Crippen LogP contribution is -2.52. The van der Waals surface area contributed by atoms with E-state index in [1.807, 2.05) is 25.1 Å². The predicted molar refractivity (Wildman–Crippen MR) is 97.1 cm³/mol. The first-order valence-corrected chi connectivity index (χ1v) is 8.12. The lowest BCUT2D eigenvalue weighted by atomic mass is 9.76. The molecule has 0 spiro atoms. The number of carboxylic acid groups (broad SMARTS) is 2. The highest BCUT2D eigenvalue weighted by molar-refractivity contribution is 5.93. The van der Waals surface area contributed by atoms with Crippen molar-refractivity contribution in [2.75, 3.05) is 13.1 Å². The summed E-state index contributed by atoms with van der Waals surface area (Å²) in [6.07, 6.45) is 4.58. The normalized spacial score (nSPS) is 24.6. The zero-order chi connectivity index (χ0) is 18.6. The maximum absolute atomic E-state index is 11.4. The Labute approximate surface area is 147 Å². The summed E-state index contributed by atoms with van der Waals surface area (Å²) in [5.74, 6) is -2.58. The first kappa shape index (κ1) is 18.7. The van der Waals surface area contributed by atoms with Gasteiger partial charge in [0.05, 0.1) is 0 Å². The molecule has 0 saturated carbocycles. The lowest BCUT2D eigenvalue weighted by molar-refractivity contribution is -0.147. The molecule has 1 aromatic rings. The number of carboxylic acids is 2. The molecule has 132 valence electrons. The summed E-state index contributed by atoms with van der Waals surface area (Å²) >= 11 is 0. The van der Waals surface area contributed by atoms with E-state index in [1.54, 1.807) is 17.9 Å². The van der Waals surface area contributed by atoms with Gasteiger partial charge in [-0.15, -0.1) is 0 Å². The van der Waals surface area contributed by atoms with Gasteiger partial charge in [-0.05, 0) is 12.5 Å². The smallest absolute Gasteiger partial charge is 0.331 e. The zero-order valence-electron chi connectivity index (χ0n) is 14.5. The van der Waals surface area contributed by atoms with Gasteiger partial charge < -0.3 is 10.2 Å². The van der Waals surface area contributed by atoms with E-state index >= 15 is 0 Å². The maximum Gasteiger partial charge on any atom is 0.331 e. The van der Waals surface area contributed by atoms with Gasteiger partial charge in [0.2, 0.25) is 0 Å². The number of nitrogens with zero attached hydrogens (tertiary/aromatic N) is 1. The van der Waals surface area contributed by atoms with E-state index < -0.39 is 23.4 Å². The number of aliphatic carboxylic acids is 2. The van der Waals surface area contributed by atoms with Crippen LogP contribution in [0, 0.1) is 5.92 Å². The van der Waals surface area contributed by atoms with Gasteiger partial charge in [-0.25, -0.2) is 9.59 Å². The van der Waals surface area contributed by atoms with Crippen LogP contribution in [0.3, 0.4) is 0 Å². The van der Waals surface area contributed by atoms with Crippen LogP contribution in [0.1, 0.15) is 19.4 Å². The quantitative estimate of drug-likeness (QED) is 0.823. The molecule has 0 aromatic heterocycles. The van der Waals surface area contributed by atoms with E-state index in [4.69, 9.17) is 5.11 Å². The Morgan fingerprint density at radius 1 is 1.20 bits per heavy atom. The van der Waals surface area contributed by atoms with E-state index in [0.29, 0.717) is 13.1 Å². The highest BCUT2D eigenvalue weighted by Crippen LogP contribution is 2.38. The molecule has 2 atom stereocenters. The third-order valence-corrected chi connectivity index (χ3v) is 4.58. The molecule has 2 aliphatic rings. The molecular weight excluding hydrogens is 318 g/mol. The Kier molecular flexibility index (Phi) is 5.59. The first-order chi connectivity index (χ1) is 11.8. The molecule has 1 heterocycles. The second-order valence-corrected chi connectivity index (χ2v) is 6.27. The minimum absolute atomic E-state index is 0.150. The molecule has 3 rings (SSSR count). The van der Waals surface area contributed by atoms with Crippen LogP contribution < -0.4 is 0 Å². The van der Waals surface area contributed by atoms with E-state index in [0.717, 1.165) is 5.57 Å². The third-order valence-electron chi connectivity index (χ3n) is 4.58. The summed E-state index contributed by atoms with van der Waals surface area (Å²) in [5.41, 5.74) is 1.31. The van der Waals surface area contributed by atoms with Crippen LogP contribution in [0.15, 0.2) is 60.7 Å². The number of rotatable bonds is 4. The molecule has 1 aliphatic carbocycles. The van der Waals surface area contributed by atoms with E-state index in [1.165, 1.54) is 17.7 Å². The van der Waals surface area contributed by atoms with E-state index in [9.17, 15) is 14.7 Å². The summed E-state index contributed by atoms with van der Waals surface area (Å²) in [4.78, 5) is 24.2. The fourth-order valence-corrected chi connectivity index (χ4v) is 2.99. The van der Waals surface area contributed by atoms with Crippen molar-refractivity contribution in [3.8, 4) is 0 Å². The Morgan fingerprint density at radius 2 is 1.80 bits per heavy atom. The van der Waals surface area contributed by atoms with Gasteiger partial charge >= 0.3 is 11.9 Å². The fraction of sp³-hybridized carbons (Fsp3) is 0.300. The molecule has 1 aliphatic heterocycles. The van der Waals surface area contributed by atoms with Crippen LogP contribution in [-0.4, -0.2) is 45.7 Å². The van der Waals surface area contributed by atoms with Crippen LogP contribution in [0.2, 0.25) is 0 Å². The van der Waals surface area contributed by atoms with E-state index in [-0.39, 0.29) is 5.57 Å². The molecule has 0 bridgehead atoms. The molecule has 2 unspecified atom stereocenters. The Balaban J connectivity index is 0.000000212. The highest BCUT2D eigenvalue weighted by atomic mass is 16.4. The minimum Gasteiger partial charge on any atom is -0.480 e. The molecule has 0 amide bonds. The summed E-state index contributed by atoms with van der Waals surface area (Å²) in [6.45, 7) is 8.89. The zero-order valence-corrected chi connectivity index (χ0v) is 14.5. The first-order valence-electron chi connectivity index (χ1n) is 8.12. The molecular formula is C20H23NO4. The average Bonchev–Trinajstić information content (AvgIpc) is 3.41. The molecule has 0 radical (unpaired) electrons. The second-order valence-electron chi connectivity index (χ2n) is 6.27. The van der Waals surface area contributed by atoms with Gasteiger partial charge in [0, 0.05) is 24.6 Å². The Hall–Kier alpha value is -2.66. The van der Waals surface area contributed by atoms with Crippen molar-refractivity contribution in [3.05, 3.63) is 66.3 Å². The summed E-state index contributed by atoms with van der Waals surface area (Å²) < 4.78 is 0. The van der Waals surface area contributed by atoms with Gasteiger partial charge in [-0.3, -0.25) is 4.90 Å². The number of carbonyl (C=O) groups is 2. The number of hydrogen-bond donors (Lipinski definition) is 2. The molecule has 5 heteroatoms. The maximum atomic E-state index is 11.4. The van der Waals surface area contributed by atoms with Gasteiger partial charge in [-0.1, -0.05) is 67.6 Å². The van der Waals surface area contributed by atoms with Crippen molar-refractivity contribution in [2.24, 2.45) is 5.92 Å². The monoisotopic (exact) mass is 341 g/mol. The SMILES string of the molecule is C=C(C)c1ccccc1.CC1C(C(=O)O)=CC=CC1(C(=O)O)N1CC1. The lowest BCUT2D eigenvalue weighted by Gasteiger charge is -2.36. The highest BCUT2D eigenvalue weighted by Gasteiger charge is 2.53. The fourth-order valence-electron chi connectivity index (χ4n) is 2.99. The van der Waals surface area contributed by atoms with Crippen molar-refractivity contribution >= 4 is 17.5 Å². The van der Waals surface area contributed by atoms with Crippen LogP contribution in [-0.2, 0) is 9.59 Å². The number of benzene rings is 1. The summed E-state index contributed by atoms with van der Waals surface area (Å²) in [7, 11) is 0. The van der Waals surface area contributed by atoms with Crippen LogP contribution in [0.25, 0.3) is 5.57 Å². The Bertz CT molecular complexity index is 731. The van der Waals surface area contributed by atoms with Gasteiger partial charge in [0.25, 0.3) is 0 Å². The van der Waals surface area contributed by atoms with Crippen molar-refractivity contribution in [1.29, 1.82) is 0 Å². The molecule has 1 fully saturated rings. The standard InChI is InChI=1S/C11H13NO4.C9H10/c1-7-8(9(13)14)3-2-4-11(7,10(15)16)12-5-6-12;1-8(2)9-6-4-3-5-7-9/h2-4,7H,5-6H2,1H3,(H,13,14)(H,15,16);3-7H,1H2,2H3. The number of allylic oxidation sites excluding steroid dienone is 3. The molecule has 25 heavy (non-hydrogen) atoms. The van der Waals surface area contributed by atoms with E-state index in [2.05, 4.69) is 18.7 Å². The topological polar surface area (TPSA) is 77.6 Å². The second kappa shape index (κ2) is 7.49. The Morgan fingerprint density at radius 3 is 2.20 bits per heavy atom.